The van der Waals surface area contributed by atoms with E-state index in [2.05, 4.69) is 20.5 Å². The van der Waals surface area contributed by atoms with Crippen LogP contribution in [0.2, 0.25) is 5.02 Å². The number of carbonyl (C=O) groups excluding carboxylic acids is 1. The Balaban J connectivity index is 1.30. The largest absolute Gasteiger partial charge is 0.495 e. The summed E-state index contributed by atoms with van der Waals surface area (Å²) < 4.78 is 11.4. The fourth-order valence-electron chi connectivity index (χ4n) is 3.38. The first-order chi connectivity index (χ1) is 15.6. The molecule has 2 aromatic heterocycles. The van der Waals surface area contributed by atoms with E-state index in [9.17, 15) is 4.79 Å². The Morgan fingerprint density at radius 3 is 2.75 bits per heavy atom. The lowest BCUT2D eigenvalue weighted by molar-refractivity contribution is -0.113. The summed E-state index contributed by atoms with van der Waals surface area (Å²) in [6, 6.07) is 18.7. The molecule has 160 valence electrons. The van der Waals surface area contributed by atoms with Gasteiger partial charge in [0.25, 0.3) is 0 Å². The molecule has 32 heavy (non-hydrogen) atoms. The van der Waals surface area contributed by atoms with Crippen molar-refractivity contribution in [3.8, 4) is 17.1 Å². The van der Waals surface area contributed by atoms with Crippen LogP contribution in [0, 0.1) is 0 Å². The maximum atomic E-state index is 12.6. The average Bonchev–Trinajstić information content (AvgIpc) is 3.42. The lowest BCUT2D eigenvalue weighted by Crippen LogP contribution is -2.14. The Morgan fingerprint density at radius 2 is 1.94 bits per heavy atom. The van der Waals surface area contributed by atoms with Crippen LogP contribution in [0.15, 0.2) is 70.2 Å². The zero-order valence-corrected chi connectivity index (χ0v) is 18.5. The van der Waals surface area contributed by atoms with Gasteiger partial charge in [-0.2, -0.15) is 0 Å². The number of anilines is 1. The number of ether oxygens (including phenoxy) is 1. The van der Waals surface area contributed by atoms with Crippen molar-refractivity contribution in [2.75, 3.05) is 18.2 Å². The minimum absolute atomic E-state index is 0.138. The van der Waals surface area contributed by atoms with Crippen LogP contribution < -0.4 is 10.1 Å². The number of para-hydroxylation sites is 1. The van der Waals surface area contributed by atoms with Gasteiger partial charge in [0.15, 0.2) is 5.82 Å². The summed E-state index contributed by atoms with van der Waals surface area (Å²) in [6.45, 7) is 0. The molecule has 0 unspecified atom stereocenters. The number of halogens is 1. The standard InChI is InChI=1S/C23H17ClN4O3S/c1-30-20-10-16-15-4-2-3-5-18(15)31-19(16)11-17(20)25-21(29)12-32-23-26-22(27-28-23)13-6-8-14(24)9-7-13/h2-11H,12H2,1H3,(H,25,29)(H,26,27,28). The molecule has 0 spiro atoms. The van der Waals surface area contributed by atoms with Crippen LogP contribution in [0.5, 0.6) is 5.75 Å². The Kier molecular flexibility index (Phi) is 5.46. The molecule has 5 aromatic rings. The number of H-pyrrole nitrogens is 1. The first-order valence-corrected chi connectivity index (χ1v) is 11.1. The average molecular weight is 465 g/mol. The fraction of sp³-hybridized carbons (Fsp3) is 0.0870. The first kappa shape index (κ1) is 20.4. The van der Waals surface area contributed by atoms with Crippen LogP contribution in [-0.2, 0) is 4.79 Å². The summed E-state index contributed by atoms with van der Waals surface area (Å²) in [6.07, 6.45) is 0. The van der Waals surface area contributed by atoms with Crippen molar-refractivity contribution >= 4 is 56.9 Å². The number of furan rings is 1. The van der Waals surface area contributed by atoms with Crippen molar-refractivity contribution in [1.82, 2.24) is 15.2 Å². The van der Waals surface area contributed by atoms with Gasteiger partial charge in [0.05, 0.1) is 18.6 Å². The Morgan fingerprint density at radius 1 is 1.12 bits per heavy atom. The summed E-state index contributed by atoms with van der Waals surface area (Å²) in [5, 5.41) is 13.0. The van der Waals surface area contributed by atoms with Crippen LogP contribution in [0.25, 0.3) is 33.3 Å². The summed E-state index contributed by atoms with van der Waals surface area (Å²) >= 11 is 7.15. The van der Waals surface area contributed by atoms with Crippen molar-refractivity contribution in [3.05, 3.63) is 65.7 Å². The van der Waals surface area contributed by atoms with Crippen LogP contribution in [0.4, 0.5) is 5.69 Å². The van der Waals surface area contributed by atoms with Crippen LogP contribution in [0.1, 0.15) is 0 Å². The van der Waals surface area contributed by atoms with E-state index in [0.717, 1.165) is 21.9 Å². The molecular formula is C23H17ClN4O3S. The second-order valence-electron chi connectivity index (χ2n) is 6.96. The van der Waals surface area contributed by atoms with Crippen molar-refractivity contribution < 1.29 is 13.9 Å². The zero-order chi connectivity index (χ0) is 22.1. The summed E-state index contributed by atoms with van der Waals surface area (Å²) in [4.78, 5) is 17.0. The molecule has 7 nitrogen and oxygen atoms in total. The number of methoxy groups -OCH3 is 1. The lowest BCUT2D eigenvalue weighted by Gasteiger charge is -2.10. The second-order valence-corrected chi connectivity index (χ2v) is 8.34. The minimum atomic E-state index is -0.207. The molecule has 0 bridgehead atoms. The molecule has 3 aromatic carbocycles. The lowest BCUT2D eigenvalue weighted by atomic mass is 10.1. The number of nitrogens with one attached hydrogen (secondary N) is 2. The van der Waals surface area contributed by atoms with Gasteiger partial charge in [0.2, 0.25) is 11.1 Å². The quantitative estimate of drug-likeness (QED) is 0.310. The highest BCUT2D eigenvalue weighted by Gasteiger charge is 2.15. The Labute approximate surface area is 192 Å². The number of benzene rings is 3. The highest BCUT2D eigenvalue weighted by Crippen LogP contribution is 2.36. The minimum Gasteiger partial charge on any atom is -0.495 e. The van der Waals surface area contributed by atoms with Gasteiger partial charge in [-0.3, -0.25) is 9.89 Å². The van der Waals surface area contributed by atoms with Crippen molar-refractivity contribution in [2.45, 2.75) is 5.16 Å². The number of nitrogens with zero attached hydrogens (tertiary/aromatic N) is 2. The molecule has 5 rings (SSSR count). The normalized spacial score (nSPS) is 11.2. The van der Waals surface area contributed by atoms with Gasteiger partial charge in [-0.15, -0.1) is 5.10 Å². The van der Waals surface area contributed by atoms with Crippen LogP contribution >= 0.6 is 23.4 Å². The van der Waals surface area contributed by atoms with Gasteiger partial charge in [0.1, 0.15) is 16.9 Å². The van der Waals surface area contributed by atoms with E-state index in [1.165, 1.54) is 11.8 Å². The maximum Gasteiger partial charge on any atom is 0.234 e. The van der Waals surface area contributed by atoms with E-state index >= 15 is 0 Å². The molecule has 0 aliphatic carbocycles. The third-order valence-corrected chi connectivity index (χ3v) is 5.99. The zero-order valence-electron chi connectivity index (χ0n) is 16.9. The van der Waals surface area contributed by atoms with Crippen molar-refractivity contribution in [1.29, 1.82) is 0 Å². The first-order valence-electron chi connectivity index (χ1n) is 9.71. The summed E-state index contributed by atoms with van der Waals surface area (Å²) in [7, 11) is 1.57. The maximum absolute atomic E-state index is 12.6. The summed E-state index contributed by atoms with van der Waals surface area (Å²) in [5.41, 5.74) is 2.87. The number of rotatable bonds is 6. The Hall–Kier alpha value is -3.49. The van der Waals surface area contributed by atoms with E-state index in [-0.39, 0.29) is 11.7 Å². The summed E-state index contributed by atoms with van der Waals surface area (Å²) in [5.74, 6) is 1.10. The monoisotopic (exact) mass is 464 g/mol. The molecule has 1 amide bonds. The van der Waals surface area contributed by atoms with E-state index in [1.54, 1.807) is 25.3 Å². The van der Waals surface area contributed by atoms with E-state index in [1.807, 2.05) is 42.5 Å². The number of fused-ring (bicyclic) bond motifs is 3. The number of aromatic nitrogens is 3. The molecule has 0 radical (unpaired) electrons. The van der Waals surface area contributed by atoms with E-state index < -0.39 is 0 Å². The van der Waals surface area contributed by atoms with Crippen LogP contribution in [-0.4, -0.2) is 34.0 Å². The number of thioether (sulfide) groups is 1. The number of aromatic amines is 1. The second kappa shape index (κ2) is 8.57. The van der Waals surface area contributed by atoms with Crippen molar-refractivity contribution in [2.24, 2.45) is 0 Å². The van der Waals surface area contributed by atoms with E-state index in [0.29, 0.717) is 33.0 Å². The molecule has 0 saturated carbocycles. The fourth-order valence-corrected chi connectivity index (χ4v) is 4.11. The Bertz CT molecular complexity index is 1430. The van der Waals surface area contributed by atoms with Crippen molar-refractivity contribution in [3.63, 3.8) is 0 Å². The number of hydrogen-bond donors (Lipinski definition) is 2. The smallest absolute Gasteiger partial charge is 0.234 e. The van der Waals surface area contributed by atoms with E-state index in [4.69, 9.17) is 20.8 Å². The molecule has 0 saturated heterocycles. The third-order valence-electron chi connectivity index (χ3n) is 4.89. The predicted octanol–water partition coefficient (Wildman–Crippen LogP) is 5.76. The number of amides is 1. The number of carbonyl (C=O) groups is 1. The highest BCUT2D eigenvalue weighted by atomic mass is 35.5. The topological polar surface area (TPSA) is 93.0 Å². The third kappa shape index (κ3) is 4.02. The van der Waals surface area contributed by atoms with Gasteiger partial charge >= 0.3 is 0 Å². The molecule has 9 heteroatoms. The van der Waals surface area contributed by atoms with Gasteiger partial charge in [0, 0.05) is 27.4 Å². The molecule has 0 aliphatic heterocycles. The van der Waals surface area contributed by atoms with Crippen LogP contribution in [0.3, 0.4) is 0 Å². The molecule has 2 N–H and O–H groups in total. The van der Waals surface area contributed by atoms with Gasteiger partial charge in [-0.25, -0.2) is 4.98 Å². The van der Waals surface area contributed by atoms with Gasteiger partial charge in [-0.1, -0.05) is 41.6 Å². The molecule has 0 fully saturated rings. The molecular weight excluding hydrogens is 448 g/mol. The highest BCUT2D eigenvalue weighted by molar-refractivity contribution is 7.99. The molecule has 0 aliphatic rings. The number of hydrogen-bond acceptors (Lipinski definition) is 6. The van der Waals surface area contributed by atoms with Gasteiger partial charge < -0.3 is 14.5 Å². The molecule has 2 heterocycles. The predicted molar refractivity (Wildman–Crippen MR) is 126 cm³/mol. The molecule has 0 atom stereocenters. The SMILES string of the molecule is COc1cc2c(cc1NC(=O)CSc1n[nH]c(-c3ccc(Cl)cc3)n1)oc1ccccc12. The van der Waals surface area contributed by atoms with Gasteiger partial charge in [-0.05, 0) is 36.4 Å².